The Morgan fingerprint density at radius 3 is 2.31 bits per heavy atom. The molecule has 1 aromatic rings. The zero-order chi connectivity index (χ0) is 11.7. The van der Waals surface area contributed by atoms with E-state index >= 15 is 0 Å². The summed E-state index contributed by atoms with van der Waals surface area (Å²) in [5.41, 5.74) is -0.647. The molecule has 1 heterocycles. The molecule has 0 aliphatic carbocycles. The molecule has 1 rings (SSSR count). The van der Waals surface area contributed by atoms with Crippen LogP contribution in [0.25, 0.3) is 0 Å². The van der Waals surface area contributed by atoms with E-state index in [2.05, 4.69) is 0 Å². The number of hydrogen-bond donors (Lipinski definition) is 0. The fraction of sp³-hybridized carbons (Fsp3) is 0.444. The van der Waals surface area contributed by atoms with Gasteiger partial charge in [0.1, 0.15) is 6.17 Å². The third-order valence-electron chi connectivity index (χ3n) is 1.78. The Balaban J connectivity index is 0.00000225. The monoisotopic (exact) mass is 289 g/mol. The second-order valence-electron chi connectivity index (χ2n) is 3.93. The van der Waals surface area contributed by atoms with Gasteiger partial charge in [-0.15, -0.1) is 0 Å². The van der Waals surface area contributed by atoms with Gasteiger partial charge in [0, 0.05) is 12.1 Å². The zero-order valence-electron chi connectivity index (χ0n) is 8.85. The SMILES string of the molecule is C[Si](C)(Cl)C[n+]1ccccc1C(F)(F)F.[Cl-]. The van der Waals surface area contributed by atoms with E-state index in [-0.39, 0.29) is 18.6 Å². The minimum Gasteiger partial charge on any atom is -1.00 e. The van der Waals surface area contributed by atoms with Gasteiger partial charge in [0.15, 0.2) is 6.20 Å². The summed E-state index contributed by atoms with van der Waals surface area (Å²) in [4.78, 5) is 0. The molecule has 0 aliphatic heterocycles. The third kappa shape index (κ3) is 4.72. The van der Waals surface area contributed by atoms with Gasteiger partial charge in [-0.1, -0.05) is 13.1 Å². The molecule has 0 spiro atoms. The van der Waals surface area contributed by atoms with Gasteiger partial charge in [0.25, 0.3) is 5.69 Å². The number of hydrogen-bond acceptors (Lipinski definition) is 0. The molecule has 0 fully saturated rings. The molecule has 0 aliphatic rings. The van der Waals surface area contributed by atoms with E-state index in [1.165, 1.54) is 16.8 Å². The molecule has 0 saturated carbocycles. The van der Waals surface area contributed by atoms with Crippen molar-refractivity contribution in [1.29, 1.82) is 0 Å². The van der Waals surface area contributed by atoms with Gasteiger partial charge < -0.3 is 12.4 Å². The van der Waals surface area contributed by atoms with E-state index in [1.807, 2.05) is 13.1 Å². The summed E-state index contributed by atoms with van der Waals surface area (Å²) in [6.07, 6.45) is -2.65. The molecule has 0 amide bonds. The fourth-order valence-electron chi connectivity index (χ4n) is 1.28. The first-order chi connectivity index (χ1) is 6.70. The van der Waals surface area contributed by atoms with E-state index in [9.17, 15) is 13.2 Å². The van der Waals surface area contributed by atoms with E-state index in [4.69, 9.17) is 11.1 Å². The first-order valence-electron chi connectivity index (χ1n) is 4.45. The van der Waals surface area contributed by atoms with E-state index in [0.717, 1.165) is 6.07 Å². The van der Waals surface area contributed by atoms with Crippen LogP contribution in [0.2, 0.25) is 13.1 Å². The average Bonchev–Trinajstić information content (AvgIpc) is 1.99. The van der Waals surface area contributed by atoms with Crippen molar-refractivity contribution in [2.75, 3.05) is 0 Å². The minimum absolute atomic E-state index is 0. The van der Waals surface area contributed by atoms with Crippen molar-refractivity contribution in [2.45, 2.75) is 25.4 Å². The molecule has 0 radical (unpaired) electrons. The van der Waals surface area contributed by atoms with Crippen LogP contribution in [0.15, 0.2) is 24.4 Å². The maximum absolute atomic E-state index is 12.6. The van der Waals surface area contributed by atoms with Gasteiger partial charge in [-0.2, -0.15) is 28.8 Å². The van der Waals surface area contributed by atoms with Crippen molar-refractivity contribution >= 4 is 18.5 Å². The topological polar surface area (TPSA) is 3.88 Å². The number of halogens is 5. The summed E-state index contributed by atoms with van der Waals surface area (Å²) in [6.45, 7) is 3.63. The van der Waals surface area contributed by atoms with E-state index in [1.54, 1.807) is 6.07 Å². The molecule has 92 valence electrons. The molecule has 0 N–H and O–H groups in total. The van der Waals surface area contributed by atoms with Crippen LogP contribution in [0, 0.1) is 0 Å². The van der Waals surface area contributed by atoms with Crippen molar-refractivity contribution < 1.29 is 30.1 Å². The number of alkyl halides is 3. The van der Waals surface area contributed by atoms with Crippen LogP contribution in [0.5, 0.6) is 0 Å². The highest BCUT2D eigenvalue weighted by Crippen LogP contribution is 2.26. The number of nitrogens with zero attached hydrogens (tertiary/aromatic N) is 1. The third-order valence-corrected chi connectivity index (χ3v) is 3.23. The Bertz CT molecular complexity index is 349. The standard InChI is InChI=1S/C9H12ClF3NSi.ClH/c1-15(2,10)7-14-6-4-3-5-8(14)9(11,12)13;/h3-6H,7H2,1-2H3;1H/q+1;/p-1. The summed E-state index contributed by atoms with van der Waals surface area (Å²) in [5.74, 6) is 0. The van der Waals surface area contributed by atoms with Gasteiger partial charge in [0.05, 0.1) is 0 Å². The number of aromatic nitrogens is 1. The molecule has 0 unspecified atom stereocenters. The second-order valence-corrected chi connectivity index (χ2v) is 10.8. The number of rotatable bonds is 2. The van der Waals surface area contributed by atoms with E-state index < -0.39 is 19.3 Å². The molecule has 1 nitrogen and oxygen atoms in total. The zero-order valence-corrected chi connectivity index (χ0v) is 11.4. The second kappa shape index (κ2) is 5.38. The lowest BCUT2D eigenvalue weighted by molar-refractivity contribution is -0.699. The molecule has 16 heavy (non-hydrogen) atoms. The van der Waals surface area contributed by atoms with Crippen LogP contribution in [-0.4, -0.2) is 7.38 Å². The first kappa shape index (κ1) is 15.7. The largest absolute Gasteiger partial charge is 1.00 e. The van der Waals surface area contributed by atoms with Crippen molar-refractivity contribution in [1.82, 2.24) is 0 Å². The summed E-state index contributed by atoms with van der Waals surface area (Å²) < 4.78 is 38.9. The van der Waals surface area contributed by atoms with Crippen LogP contribution >= 0.6 is 11.1 Å². The molecule has 0 aromatic carbocycles. The minimum atomic E-state index is -4.32. The molecular weight excluding hydrogens is 278 g/mol. The number of pyridine rings is 1. The first-order valence-corrected chi connectivity index (χ1v) is 8.67. The summed E-state index contributed by atoms with van der Waals surface area (Å²) in [7, 11) is -2.07. The lowest BCUT2D eigenvalue weighted by atomic mass is 10.3. The van der Waals surface area contributed by atoms with Crippen molar-refractivity contribution in [2.24, 2.45) is 0 Å². The van der Waals surface area contributed by atoms with Gasteiger partial charge >= 0.3 is 6.18 Å². The van der Waals surface area contributed by atoms with Crippen LogP contribution in [0.3, 0.4) is 0 Å². The van der Waals surface area contributed by atoms with Crippen molar-refractivity contribution in [3.8, 4) is 0 Å². The smallest absolute Gasteiger partial charge is 0.477 e. The Morgan fingerprint density at radius 2 is 1.88 bits per heavy atom. The highest BCUT2D eigenvalue weighted by Gasteiger charge is 2.41. The van der Waals surface area contributed by atoms with Crippen LogP contribution in [0.1, 0.15) is 5.69 Å². The summed E-state index contributed by atoms with van der Waals surface area (Å²) >= 11 is 6.04. The Hall–Kier alpha value is -0.263. The molecule has 1 aromatic heterocycles. The molecule has 0 saturated heterocycles. The Labute approximate surface area is 104 Å². The normalized spacial score (nSPS) is 12.1. The predicted octanol–water partition coefficient (Wildman–Crippen LogP) is -0.0200. The quantitative estimate of drug-likeness (QED) is 0.409. The lowest BCUT2D eigenvalue weighted by Gasteiger charge is -2.12. The average molecular weight is 290 g/mol. The van der Waals surface area contributed by atoms with Crippen LogP contribution in [0.4, 0.5) is 13.2 Å². The van der Waals surface area contributed by atoms with Crippen molar-refractivity contribution in [3.05, 3.63) is 30.1 Å². The lowest BCUT2D eigenvalue weighted by Crippen LogP contribution is -3.00. The van der Waals surface area contributed by atoms with Gasteiger partial charge in [-0.05, 0) is 6.07 Å². The fourth-order valence-corrected chi connectivity index (χ4v) is 2.75. The van der Waals surface area contributed by atoms with Crippen LogP contribution < -0.4 is 17.0 Å². The summed E-state index contributed by atoms with van der Waals surface area (Å²) in [6, 6.07) is 4.02. The highest BCUT2D eigenvalue weighted by molar-refractivity contribution is 7.18. The van der Waals surface area contributed by atoms with Crippen molar-refractivity contribution in [3.63, 3.8) is 0 Å². The van der Waals surface area contributed by atoms with Gasteiger partial charge in [-0.3, -0.25) is 0 Å². The maximum atomic E-state index is 12.6. The van der Waals surface area contributed by atoms with Gasteiger partial charge in [-0.25, -0.2) is 0 Å². The Kier molecular flexibility index (Phi) is 5.29. The molecule has 0 atom stereocenters. The Morgan fingerprint density at radius 1 is 1.31 bits per heavy atom. The molecule has 0 bridgehead atoms. The highest BCUT2D eigenvalue weighted by atomic mass is 35.6. The maximum Gasteiger partial charge on any atom is 0.477 e. The van der Waals surface area contributed by atoms with Gasteiger partial charge in [0.2, 0.25) is 7.38 Å². The summed E-state index contributed by atoms with van der Waals surface area (Å²) in [5, 5.41) is 0. The van der Waals surface area contributed by atoms with E-state index in [0.29, 0.717) is 0 Å². The molecule has 7 heteroatoms. The predicted molar refractivity (Wildman–Crippen MR) is 55.0 cm³/mol. The van der Waals surface area contributed by atoms with Crippen LogP contribution in [-0.2, 0) is 12.3 Å². The molecular formula is C9H12Cl2F3NSi.